The Morgan fingerprint density at radius 1 is 1.07 bits per heavy atom. The largest absolute Gasteiger partial charge is 0.367 e. The van der Waals surface area contributed by atoms with Gasteiger partial charge in [0.25, 0.3) is 0 Å². The maximum atomic E-state index is 4.81. The number of fused-ring (bicyclic) bond motifs is 1. The molecule has 0 radical (unpaired) electrons. The van der Waals surface area contributed by atoms with Gasteiger partial charge in [0, 0.05) is 31.5 Å². The molecule has 1 atom stereocenters. The Balaban J connectivity index is 1.71. The molecule has 0 unspecified atom stereocenters. The minimum atomic E-state index is 0.210. The second kappa shape index (κ2) is 7.97. The van der Waals surface area contributed by atoms with E-state index in [1.165, 1.54) is 11.1 Å². The number of likely N-dealkylation sites (N-methyl/N-ethyl adjacent to an activating group) is 1. The predicted octanol–water partition coefficient (Wildman–Crippen LogP) is 3.45. The molecule has 3 aromatic heterocycles. The van der Waals surface area contributed by atoms with Crippen LogP contribution in [0, 0.1) is 6.92 Å². The molecule has 1 N–H and O–H groups in total. The topological polar surface area (TPSA) is 71.8 Å². The van der Waals surface area contributed by atoms with Gasteiger partial charge in [0.15, 0.2) is 11.5 Å². The number of aromatic nitrogens is 5. The van der Waals surface area contributed by atoms with E-state index in [1.807, 2.05) is 25.4 Å². The lowest BCUT2D eigenvalue weighted by molar-refractivity contribution is 0.311. The van der Waals surface area contributed by atoms with Crippen LogP contribution in [0.2, 0.25) is 0 Å². The van der Waals surface area contributed by atoms with Crippen LogP contribution < -0.4 is 5.32 Å². The molecule has 0 saturated heterocycles. The van der Waals surface area contributed by atoms with E-state index in [1.54, 1.807) is 17.1 Å². The lowest BCUT2D eigenvalue weighted by atomic mass is 10.0. The van der Waals surface area contributed by atoms with E-state index in [2.05, 4.69) is 65.6 Å². The number of pyridine rings is 1. The minimum absolute atomic E-state index is 0.210. The SMILES string of the molecule is Cc1ccccc1[C@H](CNc1nc(-c2ccncc2)nc2c1cnn2C)N(C)C. The summed E-state index contributed by atoms with van der Waals surface area (Å²) in [7, 11) is 6.09. The van der Waals surface area contributed by atoms with Crippen molar-refractivity contribution in [2.24, 2.45) is 7.05 Å². The van der Waals surface area contributed by atoms with Gasteiger partial charge < -0.3 is 10.2 Å². The van der Waals surface area contributed by atoms with Crippen molar-refractivity contribution >= 4 is 16.9 Å². The quantitative estimate of drug-likeness (QED) is 0.546. The first kappa shape index (κ1) is 19.0. The normalized spacial score (nSPS) is 12.4. The minimum Gasteiger partial charge on any atom is -0.367 e. The van der Waals surface area contributed by atoms with Crippen molar-refractivity contribution < 1.29 is 0 Å². The predicted molar refractivity (Wildman–Crippen MR) is 116 cm³/mol. The fraction of sp³-hybridized carbons (Fsp3) is 0.273. The van der Waals surface area contributed by atoms with Crippen LogP contribution in [0.5, 0.6) is 0 Å². The number of hydrogen-bond acceptors (Lipinski definition) is 6. The highest BCUT2D eigenvalue weighted by molar-refractivity contribution is 5.88. The van der Waals surface area contributed by atoms with Gasteiger partial charge in [-0.1, -0.05) is 24.3 Å². The van der Waals surface area contributed by atoms with Gasteiger partial charge in [-0.15, -0.1) is 0 Å². The van der Waals surface area contributed by atoms with Crippen LogP contribution in [-0.4, -0.2) is 50.3 Å². The third-order valence-corrected chi connectivity index (χ3v) is 5.16. The third-order valence-electron chi connectivity index (χ3n) is 5.16. The molecule has 7 nitrogen and oxygen atoms in total. The van der Waals surface area contributed by atoms with Crippen molar-refractivity contribution in [3.05, 3.63) is 66.1 Å². The van der Waals surface area contributed by atoms with E-state index in [4.69, 9.17) is 9.97 Å². The van der Waals surface area contributed by atoms with E-state index in [0.717, 1.165) is 22.4 Å². The number of rotatable bonds is 6. The number of hydrogen-bond donors (Lipinski definition) is 1. The third kappa shape index (κ3) is 3.82. The molecule has 0 aliphatic heterocycles. The Hall–Kier alpha value is -3.32. The maximum Gasteiger partial charge on any atom is 0.164 e. The number of aryl methyl sites for hydroxylation is 2. The number of anilines is 1. The first-order valence-electron chi connectivity index (χ1n) is 9.60. The number of nitrogens with zero attached hydrogens (tertiary/aromatic N) is 6. The average molecular weight is 387 g/mol. The van der Waals surface area contributed by atoms with Gasteiger partial charge in [-0.25, -0.2) is 9.97 Å². The molecule has 1 aromatic carbocycles. The van der Waals surface area contributed by atoms with E-state index in [9.17, 15) is 0 Å². The Bertz CT molecular complexity index is 1120. The smallest absolute Gasteiger partial charge is 0.164 e. The standard InChI is InChI=1S/C22H25N7/c1-15-7-5-6-8-17(15)19(28(2)3)14-24-21-18-13-25-29(4)22(18)27-20(26-21)16-9-11-23-12-10-16/h5-13,19H,14H2,1-4H3,(H,24,26,27)/t19-/m0/s1. The monoisotopic (exact) mass is 387 g/mol. The van der Waals surface area contributed by atoms with Crippen molar-refractivity contribution in [3.8, 4) is 11.4 Å². The van der Waals surface area contributed by atoms with Gasteiger partial charge in [-0.3, -0.25) is 9.67 Å². The summed E-state index contributed by atoms with van der Waals surface area (Å²) >= 11 is 0. The molecule has 7 heteroatoms. The van der Waals surface area contributed by atoms with E-state index >= 15 is 0 Å². The van der Waals surface area contributed by atoms with Crippen molar-refractivity contribution in [2.75, 3.05) is 26.0 Å². The first-order chi connectivity index (χ1) is 14.0. The van der Waals surface area contributed by atoms with Crippen LogP contribution in [0.1, 0.15) is 17.2 Å². The summed E-state index contributed by atoms with van der Waals surface area (Å²) in [6.07, 6.45) is 5.31. The van der Waals surface area contributed by atoms with Crippen molar-refractivity contribution in [3.63, 3.8) is 0 Å². The lowest BCUT2D eigenvalue weighted by Crippen LogP contribution is -2.27. The van der Waals surface area contributed by atoms with Crippen LogP contribution in [0.15, 0.2) is 55.0 Å². The van der Waals surface area contributed by atoms with Crippen molar-refractivity contribution in [1.82, 2.24) is 29.6 Å². The molecule has 0 fully saturated rings. The Morgan fingerprint density at radius 2 is 1.83 bits per heavy atom. The summed E-state index contributed by atoms with van der Waals surface area (Å²) < 4.78 is 1.78. The molecular weight excluding hydrogens is 362 g/mol. The molecule has 0 bridgehead atoms. The average Bonchev–Trinajstić information content (AvgIpc) is 3.11. The molecule has 0 aliphatic carbocycles. The fourth-order valence-corrected chi connectivity index (χ4v) is 3.51. The zero-order valence-electron chi connectivity index (χ0n) is 17.2. The molecule has 4 aromatic rings. The summed E-state index contributed by atoms with van der Waals surface area (Å²) in [6.45, 7) is 2.87. The van der Waals surface area contributed by atoms with Gasteiger partial charge in [0.1, 0.15) is 5.82 Å². The Morgan fingerprint density at radius 3 is 2.55 bits per heavy atom. The molecule has 0 amide bonds. The lowest BCUT2D eigenvalue weighted by Gasteiger charge is -2.27. The van der Waals surface area contributed by atoms with Gasteiger partial charge in [0.2, 0.25) is 0 Å². The summed E-state index contributed by atoms with van der Waals surface area (Å²) in [5, 5.41) is 8.84. The van der Waals surface area contributed by atoms with Crippen LogP contribution in [0.25, 0.3) is 22.4 Å². The van der Waals surface area contributed by atoms with Crippen LogP contribution in [-0.2, 0) is 7.05 Å². The molecule has 0 saturated carbocycles. The summed E-state index contributed by atoms with van der Waals surface area (Å²) in [4.78, 5) is 15.8. The fourth-order valence-electron chi connectivity index (χ4n) is 3.51. The molecular formula is C22H25N7. The second-order valence-electron chi connectivity index (χ2n) is 7.35. The highest BCUT2D eigenvalue weighted by Gasteiger charge is 2.18. The van der Waals surface area contributed by atoms with Crippen LogP contribution in [0.3, 0.4) is 0 Å². The van der Waals surface area contributed by atoms with E-state index in [-0.39, 0.29) is 6.04 Å². The summed E-state index contributed by atoms with van der Waals surface area (Å²) in [5.74, 6) is 1.44. The molecule has 4 rings (SSSR count). The zero-order valence-corrected chi connectivity index (χ0v) is 17.2. The first-order valence-corrected chi connectivity index (χ1v) is 9.60. The number of nitrogens with one attached hydrogen (secondary N) is 1. The van der Waals surface area contributed by atoms with Crippen LogP contribution >= 0.6 is 0 Å². The Kier molecular flexibility index (Phi) is 5.22. The van der Waals surface area contributed by atoms with Crippen molar-refractivity contribution in [1.29, 1.82) is 0 Å². The zero-order chi connectivity index (χ0) is 20.4. The van der Waals surface area contributed by atoms with Crippen molar-refractivity contribution in [2.45, 2.75) is 13.0 Å². The molecule has 29 heavy (non-hydrogen) atoms. The van der Waals surface area contributed by atoms with Gasteiger partial charge in [0.05, 0.1) is 17.6 Å². The van der Waals surface area contributed by atoms with Gasteiger partial charge in [-0.2, -0.15) is 5.10 Å². The highest BCUT2D eigenvalue weighted by atomic mass is 15.3. The summed E-state index contributed by atoms with van der Waals surface area (Å²) in [5.41, 5.74) is 4.30. The van der Waals surface area contributed by atoms with E-state index < -0.39 is 0 Å². The summed E-state index contributed by atoms with van der Waals surface area (Å²) in [6, 6.07) is 12.5. The maximum absolute atomic E-state index is 4.81. The van der Waals surface area contributed by atoms with Gasteiger partial charge >= 0.3 is 0 Å². The molecule has 0 aliphatic rings. The highest BCUT2D eigenvalue weighted by Crippen LogP contribution is 2.27. The van der Waals surface area contributed by atoms with Crippen LogP contribution in [0.4, 0.5) is 5.82 Å². The number of benzene rings is 1. The van der Waals surface area contributed by atoms with E-state index in [0.29, 0.717) is 12.4 Å². The second-order valence-corrected chi connectivity index (χ2v) is 7.35. The molecule has 3 heterocycles. The Labute approximate surface area is 170 Å². The van der Waals surface area contributed by atoms with Gasteiger partial charge in [-0.05, 0) is 44.3 Å². The molecule has 0 spiro atoms. The molecule has 148 valence electrons.